The van der Waals surface area contributed by atoms with Crippen molar-refractivity contribution in [2.24, 2.45) is 0 Å². The zero-order valence-electron chi connectivity index (χ0n) is 11.6. The maximum atomic E-state index is 10.3. The lowest BCUT2D eigenvalue weighted by Gasteiger charge is -2.25. The van der Waals surface area contributed by atoms with Gasteiger partial charge in [-0.2, -0.15) is 0 Å². The molecular weight excluding hydrogens is 242 g/mol. The fraction of sp³-hybridized carbons (Fsp3) is 0.600. The molecule has 2 rings (SSSR count). The number of hydrogen-bond acceptors (Lipinski definition) is 4. The summed E-state index contributed by atoms with van der Waals surface area (Å²) in [6.07, 6.45) is 3.90. The van der Waals surface area contributed by atoms with Crippen LogP contribution >= 0.6 is 0 Å². The molecule has 0 heterocycles. The summed E-state index contributed by atoms with van der Waals surface area (Å²) in [5.41, 5.74) is 0.212. The molecule has 1 unspecified atom stereocenters. The number of phenolic OH excluding ortho intramolecular Hbond substituents is 1. The fourth-order valence-corrected chi connectivity index (χ4v) is 2.67. The maximum Gasteiger partial charge on any atom is 0.120 e. The number of hydrogen-bond donors (Lipinski definition) is 3. The molecule has 1 aliphatic rings. The van der Waals surface area contributed by atoms with Crippen molar-refractivity contribution in [2.75, 3.05) is 13.7 Å². The Morgan fingerprint density at radius 3 is 2.68 bits per heavy atom. The molecule has 4 heteroatoms. The molecule has 0 aliphatic heterocycles. The number of benzene rings is 1. The van der Waals surface area contributed by atoms with Gasteiger partial charge in [-0.3, -0.25) is 0 Å². The number of rotatable bonds is 5. The van der Waals surface area contributed by atoms with E-state index in [9.17, 15) is 10.2 Å². The summed E-state index contributed by atoms with van der Waals surface area (Å²) in [6, 6.07) is 5.16. The molecule has 0 saturated heterocycles. The van der Waals surface area contributed by atoms with Gasteiger partial charge in [-0.25, -0.2) is 0 Å². The zero-order valence-corrected chi connectivity index (χ0v) is 11.6. The van der Waals surface area contributed by atoms with E-state index in [0.717, 1.165) is 37.0 Å². The van der Waals surface area contributed by atoms with Gasteiger partial charge in [0.15, 0.2) is 0 Å². The normalized spacial score (nSPS) is 19.3. The minimum Gasteiger partial charge on any atom is -0.508 e. The van der Waals surface area contributed by atoms with Crippen LogP contribution in [0.1, 0.15) is 44.2 Å². The van der Waals surface area contributed by atoms with E-state index in [4.69, 9.17) is 4.74 Å². The van der Waals surface area contributed by atoms with Gasteiger partial charge >= 0.3 is 0 Å². The number of ether oxygens (including phenoxy) is 1. The van der Waals surface area contributed by atoms with Crippen LogP contribution in [0.5, 0.6) is 11.5 Å². The van der Waals surface area contributed by atoms with Gasteiger partial charge in [0.05, 0.1) is 12.7 Å². The number of methoxy groups -OCH3 is 1. The van der Waals surface area contributed by atoms with Gasteiger partial charge in [0, 0.05) is 18.2 Å². The van der Waals surface area contributed by atoms with Crippen LogP contribution in [0, 0.1) is 0 Å². The highest BCUT2D eigenvalue weighted by Gasteiger charge is 2.31. The van der Waals surface area contributed by atoms with Crippen molar-refractivity contribution in [2.45, 2.75) is 44.2 Å². The molecule has 1 fully saturated rings. The van der Waals surface area contributed by atoms with E-state index in [1.54, 1.807) is 19.2 Å². The minimum atomic E-state index is -0.581. The molecule has 106 valence electrons. The first kappa shape index (κ1) is 14.2. The molecule has 1 atom stereocenters. The Bertz CT molecular complexity index is 427. The molecule has 0 radical (unpaired) electrons. The predicted octanol–water partition coefficient (Wildman–Crippen LogP) is 2.36. The van der Waals surface area contributed by atoms with Gasteiger partial charge in [0.1, 0.15) is 11.5 Å². The molecule has 0 aromatic heterocycles. The average Bonchev–Trinajstić information content (AvgIpc) is 2.84. The summed E-state index contributed by atoms with van der Waals surface area (Å²) in [6.45, 7) is 2.54. The quantitative estimate of drug-likeness (QED) is 0.765. The monoisotopic (exact) mass is 265 g/mol. The third kappa shape index (κ3) is 3.39. The minimum absolute atomic E-state index is 0.0280. The van der Waals surface area contributed by atoms with E-state index < -0.39 is 5.60 Å². The van der Waals surface area contributed by atoms with Gasteiger partial charge in [0.2, 0.25) is 0 Å². The molecule has 3 N–H and O–H groups in total. The van der Waals surface area contributed by atoms with Crippen molar-refractivity contribution in [3.63, 3.8) is 0 Å². The lowest BCUT2D eigenvalue weighted by Crippen LogP contribution is -2.39. The Hall–Kier alpha value is -1.26. The topological polar surface area (TPSA) is 61.7 Å². The van der Waals surface area contributed by atoms with Crippen LogP contribution in [0.3, 0.4) is 0 Å². The van der Waals surface area contributed by atoms with Crippen molar-refractivity contribution >= 4 is 0 Å². The van der Waals surface area contributed by atoms with Gasteiger partial charge < -0.3 is 20.3 Å². The second kappa shape index (κ2) is 5.80. The molecule has 19 heavy (non-hydrogen) atoms. The molecule has 0 bridgehead atoms. The number of nitrogens with one attached hydrogen (secondary N) is 1. The highest BCUT2D eigenvalue weighted by atomic mass is 16.5. The van der Waals surface area contributed by atoms with Gasteiger partial charge in [-0.1, -0.05) is 12.8 Å². The molecular formula is C15H23NO3. The zero-order chi connectivity index (χ0) is 13.9. The van der Waals surface area contributed by atoms with Gasteiger partial charge in [0.25, 0.3) is 0 Å². The van der Waals surface area contributed by atoms with E-state index in [0.29, 0.717) is 6.54 Å². The summed E-state index contributed by atoms with van der Waals surface area (Å²) in [5.74, 6) is 0.972. The van der Waals surface area contributed by atoms with Crippen LogP contribution in [0.2, 0.25) is 0 Å². The summed E-state index contributed by atoms with van der Waals surface area (Å²) >= 11 is 0. The Kier molecular flexibility index (Phi) is 4.32. The van der Waals surface area contributed by atoms with Crippen LogP contribution < -0.4 is 10.1 Å². The molecule has 1 saturated carbocycles. The van der Waals surface area contributed by atoms with Crippen LogP contribution in [-0.2, 0) is 0 Å². The van der Waals surface area contributed by atoms with Crippen LogP contribution in [0.4, 0.5) is 0 Å². The number of aromatic hydroxyl groups is 1. The maximum absolute atomic E-state index is 10.3. The van der Waals surface area contributed by atoms with Crippen molar-refractivity contribution in [1.29, 1.82) is 0 Å². The number of aliphatic hydroxyl groups is 1. The first-order valence-corrected chi connectivity index (χ1v) is 6.87. The Morgan fingerprint density at radius 2 is 2.05 bits per heavy atom. The molecule has 1 aromatic carbocycles. The predicted molar refractivity (Wildman–Crippen MR) is 74.5 cm³/mol. The van der Waals surface area contributed by atoms with Crippen molar-refractivity contribution < 1.29 is 14.9 Å². The first-order chi connectivity index (χ1) is 9.04. The Balaban J connectivity index is 2.01. The van der Waals surface area contributed by atoms with Crippen LogP contribution in [0.25, 0.3) is 0 Å². The van der Waals surface area contributed by atoms with E-state index in [-0.39, 0.29) is 11.8 Å². The number of phenols is 1. The summed E-state index contributed by atoms with van der Waals surface area (Å²) in [7, 11) is 1.61. The molecule has 4 nitrogen and oxygen atoms in total. The Morgan fingerprint density at radius 1 is 1.37 bits per heavy atom. The standard InChI is InChI=1S/C15H23NO3/c1-11(16-10-15(18)7-3-4-8-15)13-9-12(19-2)5-6-14(13)17/h5-6,9,11,16-18H,3-4,7-8,10H2,1-2H3. The van der Waals surface area contributed by atoms with Crippen molar-refractivity contribution in [3.05, 3.63) is 23.8 Å². The smallest absolute Gasteiger partial charge is 0.120 e. The van der Waals surface area contributed by atoms with E-state index >= 15 is 0 Å². The molecule has 1 aromatic rings. The third-order valence-electron chi connectivity index (χ3n) is 3.97. The van der Waals surface area contributed by atoms with Crippen molar-refractivity contribution in [1.82, 2.24) is 5.32 Å². The summed E-state index contributed by atoms with van der Waals surface area (Å²) in [4.78, 5) is 0. The lowest BCUT2D eigenvalue weighted by atomic mass is 10.0. The fourth-order valence-electron chi connectivity index (χ4n) is 2.67. The van der Waals surface area contributed by atoms with Crippen molar-refractivity contribution in [3.8, 4) is 11.5 Å². The van der Waals surface area contributed by atoms with E-state index in [1.807, 2.05) is 13.0 Å². The SMILES string of the molecule is COc1ccc(O)c(C(C)NCC2(O)CCCC2)c1. The van der Waals surface area contributed by atoms with E-state index in [1.165, 1.54) is 0 Å². The average molecular weight is 265 g/mol. The molecule has 1 aliphatic carbocycles. The summed E-state index contributed by atoms with van der Waals surface area (Å²) in [5, 5.41) is 23.5. The second-order valence-electron chi connectivity index (χ2n) is 5.46. The van der Waals surface area contributed by atoms with Gasteiger partial charge in [-0.05, 0) is 38.0 Å². The van der Waals surface area contributed by atoms with Crippen LogP contribution in [0.15, 0.2) is 18.2 Å². The highest BCUT2D eigenvalue weighted by molar-refractivity contribution is 5.41. The van der Waals surface area contributed by atoms with E-state index in [2.05, 4.69) is 5.32 Å². The molecule has 0 spiro atoms. The highest BCUT2D eigenvalue weighted by Crippen LogP contribution is 2.31. The lowest BCUT2D eigenvalue weighted by molar-refractivity contribution is 0.0452. The Labute approximate surface area is 114 Å². The molecule has 0 amide bonds. The largest absolute Gasteiger partial charge is 0.508 e. The first-order valence-electron chi connectivity index (χ1n) is 6.87. The van der Waals surface area contributed by atoms with Crippen LogP contribution in [-0.4, -0.2) is 29.5 Å². The summed E-state index contributed by atoms with van der Waals surface area (Å²) < 4.78 is 5.17. The second-order valence-corrected chi connectivity index (χ2v) is 5.46. The van der Waals surface area contributed by atoms with Gasteiger partial charge in [-0.15, -0.1) is 0 Å². The third-order valence-corrected chi connectivity index (χ3v) is 3.97.